The number of sulfonamides is 1. The van der Waals surface area contributed by atoms with Crippen molar-refractivity contribution in [3.63, 3.8) is 0 Å². The first-order valence-electron chi connectivity index (χ1n) is 5.70. The van der Waals surface area contributed by atoms with Gasteiger partial charge < -0.3 is 5.73 Å². The number of nitrogens with two attached hydrogens (primary N) is 1. The van der Waals surface area contributed by atoms with Gasteiger partial charge >= 0.3 is 0 Å². The molecule has 0 amide bonds. The van der Waals surface area contributed by atoms with Gasteiger partial charge in [-0.25, -0.2) is 8.42 Å². The zero-order valence-electron chi connectivity index (χ0n) is 10.3. The Labute approximate surface area is 115 Å². The van der Waals surface area contributed by atoms with Crippen LogP contribution in [0.25, 0.3) is 0 Å². The Morgan fingerprint density at radius 2 is 2.05 bits per heavy atom. The molecule has 2 rings (SSSR count). The molecule has 0 spiro atoms. The van der Waals surface area contributed by atoms with Gasteiger partial charge in [0.05, 0.1) is 4.90 Å². The lowest BCUT2D eigenvalue weighted by Gasteiger charge is -2.08. The van der Waals surface area contributed by atoms with Crippen molar-refractivity contribution in [2.45, 2.75) is 24.8 Å². The minimum absolute atomic E-state index is 0.160. The summed E-state index contributed by atoms with van der Waals surface area (Å²) in [7, 11) is -3.67. The van der Waals surface area contributed by atoms with E-state index in [9.17, 15) is 8.42 Å². The van der Waals surface area contributed by atoms with Gasteiger partial charge in [-0.1, -0.05) is 36.5 Å². The predicted molar refractivity (Wildman–Crippen MR) is 74.4 cm³/mol. The summed E-state index contributed by atoms with van der Waals surface area (Å²) >= 11 is 1.22. The lowest BCUT2D eigenvalue weighted by molar-refractivity contribution is 0.600. The van der Waals surface area contributed by atoms with E-state index in [1.165, 1.54) is 17.4 Å². The first-order valence-corrected chi connectivity index (χ1v) is 8.00. The van der Waals surface area contributed by atoms with E-state index in [1.54, 1.807) is 18.2 Å². The van der Waals surface area contributed by atoms with Crippen molar-refractivity contribution >= 4 is 26.5 Å². The summed E-state index contributed by atoms with van der Waals surface area (Å²) in [4.78, 5) is 0.172. The van der Waals surface area contributed by atoms with Crippen LogP contribution in [0.2, 0.25) is 0 Å². The summed E-state index contributed by atoms with van der Waals surface area (Å²) in [5.41, 5.74) is 6.11. The third kappa shape index (κ3) is 3.09. The number of nitrogens with zero attached hydrogens (tertiary/aromatic N) is 2. The Balaban J connectivity index is 2.32. The van der Waals surface area contributed by atoms with Crippen LogP contribution in [-0.4, -0.2) is 18.6 Å². The van der Waals surface area contributed by atoms with Crippen LogP contribution >= 0.6 is 11.3 Å². The molecule has 0 radical (unpaired) electrons. The highest BCUT2D eigenvalue weighted by Crippen LogP contribution is 2.22. The molecule has 1 aromatic carbocycles. The molecular weight excluding hydrogens is 284 g/mol. The molecule has 0 aliphatic rings. The summed E-state index contributed by atoms with van der Waals surface area (Å²) in [5.74, 6) is 0. The summed E-state index contributed by atoms with van der Waals surface area (Å²) in [6, 6.07) is 6.62. The lowest BCUT2D eigenvalue weighted by atomic mass is 10.2. The number of rotatable bonds is 5. The number of aromatic nitrogens is 2. The maximum Gasteiger partial charge on any atom is 0.264 e. The highest BCUT2D eigenvalue weighted by molar-refractivity contribution is 7.93. The zero-order valence-corrected chi connectivity index (χ0v) is 12.0. The molecule has 19 heavy (non-hydrogen) atoms. The van der Waals surface area contributed by atoms with Crippen molar-refractivity contribution in [2.24, 2.45) is 5.73 Å². The average Bonchev–Trinajstić information content (AvgIpc) is 2.85. The molecule has 8 heteroatoms. The largest absolute Gasteiger partial charge is 0.326 e. The molecule has 0 aliphatic heterocycles. The number of anilines is 1. The van der Waals surface area contributed by atoms with E-state index in [0.29, 0.717) is 5.56 Å². The molecule has 6 nitrogen and oxygen atoms in total. The molecule has 0 saturated carbocycles. The van der Waals surface area contributed by atoms with Crippen LogP contribution in [-0.2, 0) is 23.0 Å². The molecule has 0 saturated heterocycles. The minimum Gasteiger partial charge on any atom is -0.326 e. The average molecular weight is 298 g/mol. The molecule has 0 atom stereocenters. The lowest BCUT2D eigenvalue weighted by Crippen LogP contribution is -2.16. The monoisotopic (exact) mass is 298 g/mol. The maximum atomic E-state index is 12.3. The van der Waals surface area contributed by atoms with Crippen molar-refractivity contribution in [1.29, 1.82) is 0 Å². The van der Waals surface area contributed by atoms with E-state index >= 15 is 0 Å². The van der Waals surface area contributed by atoms with E-state index in [4.69, 9.17) is 5.73 Å². The third-order valence-electron chi connectivity index (χ3n) is 2.47. The van der Waals surface area contributed by atoms with Gasteiger partial charge in [0.25, 0.3) is 10.0 Å². The van der Waals surface area contributed by atoms with E-state index < -0.39 is 10.0 Å². The molecule has 0 bridgehead atoms. The molecular formula is C11H14N4O2S2. The fourth-order valence-corrected chi connectivity index (χ4v) is 3.70. The molecule has 3 N–H and O–H groups in total. The smallest absolute Gasteiger partial charge is 0.264 e. The molecule has 0 fully saturated rings. The van der Waals surface area contributed by atoms with Crippen molar-refractivity contribution in [2.75, 3.05) is 4.72 Å². The number of benzene rings is 1. The van der Waals surface area contributed by atoms with Crippen LogP contribution < -0.4 is 10.5 Å². The third-order valence-corrected chi connectivity index (χ3v) is 5.02. The Morgan fingerprint density at radius 1 is 1.32 bits per heavy atom. The fraction of sp³-hybridized carbons (Fsp3) is 0.273. The Kier molecular flexibility index (Phi) is 4.13. The van der Waals surface area contributed by atoms with E-state index in [0.717, 1.165) is 11.4 Å². The standard InChI is InChI=1S/C11H14N4O2S2/c1-2-10-13-14-11(18-10)15-19(16,17)9-6-4-3-5-8(9)7-12/h3-6H,2,7,12H2,1H3,(H,14,15). The van der Waals surface area contributed by atoms with Gasteiger partial charge in [-0.3, -0.25) is 4.72 Å². The molecule has 0 aliphatic carbocycles. The summed E-state index contributed by atoms with van der Waals surface area (Å²) in [6.07, 6.45) is 0.721. The van der Waals surface area contributed by atoms with E-state index in [2.05, 4.69) is 14.9 Å². The van der Waals surface area contributed by atoms with E-state index in [-0.39, 0.29) is 16.6 Å². The van der Waals surface area contributed by atoms with Crippen LogP contribution in [0.15, 0.2) is 29.2 Å². The second kappa shape index (κ2) is 5.64. The molecule has 102 valence electrons. The molecule has 1 aromatic heterocycles. The quantitative estimate of drug-likeness (QED) is 0.868. The Morgan fingerprint density at radius 3 is 2.68 bits per heavy atom. The number of nitrogens with one attached hydrogen (secondary N) is 1. The highest BCUT2D eigenvalue weighted by Gasteiger charge is 2.19. The van der Waals surface area contributed by atoms with Gasteiger partial charge in [-0.15, -0.1) is 10.2 Å². The summed E-state index contributed by atoms with van der Waals surface area (Å²) in [5, 5.41) is 8.72. The first kappa shape index (κ1) is 13.9. The van der Waals surface area contributed by atoms with Crippen molar-refractivity contribution in [3.05, 3.63) is 34.8 Å². The fourth-order valence-electron chi connectivity index (χ4n) is 1.54. The normalized spacial score (nSPS) is 11.5. The van der Waals surface area contributed by atoms with Crippen molar-refractivity contribution in [1.82, 2.24) is 10.2 Å². The Bertz CT molecular complexity index is 667. The number of hydrogen-bond acceptors (Lipinski definition) is 6. The predicted octanol–water partition coefficient (Wildman–Crippen LogP) is 1.36. The van der Waals surface area contributed by atoms with Gasteiger partial charge in [0, 0.05) is 6.54 Å². The van der Waals surface area contributed by atoms with Gasteiger partial charge in [-0.2, -0.15) is 0 Å². The highest BCUT2D eigenvalue weighted by atomic mass is 32.2. The second-order valence-electron chi connectivity index (χ2n) is 3.77. The van der Waals surface area contributed by atoms with Gasteiger partial charge in [-0.05, 0) is 18.1 Å². The van der Waals surface area contributed by atoms with Crippen LogP contribution in [0.3, 0.4) is 0 Å². The van der Waals surface area contributed by atoms with Crippen LogP contribution in [0.4, 0.5) is 5.13 Å². The summed E-state index contributed by atoms with van der Waals surface area (Å²) < 4.78 is 26.9. The number of aryl methyl sites for hydroxylation is 1. The first-order chi connectivity index (χ1) is 9.06. The van der Waals surface area contributed by atoms with Crippen LogP contribution in [0.5, 0.6) is 0 Å². The summed E-state index contributed by atoms with van der Waals surface area (Å²) in [6.45, 7) is 2.09. The second-order valence-corrected chi connectivity index (χ2v) is 6.48. The minimum atomic E-state index is -3.67. The van der Waals surface area contributed by atoms with Crippen LogP contribution in [0, 0.1) is 0 Å². The zero-order chi connectivity index (χ0) is 13.9. The topological polar surface area (TPSA) is 98.0 Å². The molecule has 1 heterocycles. The maximum absolute atomic E-state index is 12.3. The molecule has 2 aromatic rings. The van der Waals surface area contributed by atoms with Crippen molar-refractivity contribution < 1.29 is 8.42 Å². The Hall–Kier alpha value is -1.51. The SMILES string of the molecule is CCc1nnc(NS(=O)(=O)c2ccccc2CN)s1. The van der Waals surface area contributed by atoms with Crippen molar-refractivity contribution in [3.8, 4) is 0 Å². The van der Waals surface area contributed by atoms with Gasteiger partial charge in [0.15, 0.2) is 0 Å². The van der Waals surface area contributed by atoms with Gasteiger partial charge in [0.1, 0.15) is 5.01 Å². The molecule has 0 unspecified atom stereocenters. The van der Waals surface area contributed by atoms with Gasteiger partial charge in [0.2, 0.25) is 5.13 Å². The number of hydrogen-bond donors (Lipinski definition) is 2. The van der Waals surface area contributed by atoms with E-state index in [1.807, 2.05) is 6.92 Å². The van der Waals surface area contributed by atoms with Crippen LogP contribution in [0.1, 0.15) is 17.5 Å².